The molecule has 104 heavy (non-hydrogen) atoms. The van der Waals surface area contributed by atoms with Gasteiger partial charge in [0, 0.05) is 25.7 Å². The number of unbranched alkanes of at least 4 members (excludes halogenated alkanes) is 56. The van der Waals surface area contributed by atoms with Crippen molar-refractivity contribution in [1.29, 1.82) is 0 Å². The zero-order chi connectivity index (χ0) is 76.2. The molecule has 0 bridgehead atoms. The summed E-state index contributed by atoms with van der Waals surface area (Å²) in [7, 11) is -9.92. The predicted molar refractivity (Wildman–Crippen MR) is 428 cm³/mol. The third kappa shape index (κ3) is 76.8. The van der Waals surface area contributed by atoms with Gasteiger partial charge in [-0.25, -0.2) is 9.13 Å². The molecule has 3 N–H and O–H groups in total. The molecule has 0 aromatic heterocycles. The molecule has 618 valence electrons. The van der Waals surface area contributed by atoms with E-state index in [1.165, 1.54) is 283 Å². The largest absolute Gasteiger partial charge is 0.472 e. The van der Waals surface area contributed by atoms with Gasteiger partial charge in [0.2, 0.25) is 0 Å². The Morgan fingerprint density at radius 3 is 0.683 bits per heavy atom. The topological polar surface area (TPSA) is 237 Å². The summed E-state index contributed by atoms with van der Waals surface area (Å²) in [6.45, 7) is 7.39. The fourth-order valence-electron chi connectivity index (χ4n) is 13.3. The molecule has 0 spiro atoms. The van der Waals surface area contributed by atoms with Crippen LogP contribution >= 0.6 is 15.6 Å². The van der Waals surface area contributed by atoms with Crippen LogP contribution in [0.1, 0.15) is 458 Å². The summed E-state index contributed by atoms with van der Waals surface area (Å²) >= 11 is 0. The Morgan fingerprint density at radius 2 is 0.462 bits per heavy atom. The Kier molecular flexibility index (Phi) is 76.3. The Balaban J connectivity index is 5.16. The molecule has 0 heterocycles. The minimum atomic E-state index is -4.96. The van der Waals surface area contributed by atoms with E-state index in [-0.39, 0.29) is 25.7 Å². The standard InChI is InChI=1S/C85H166O17P2/c1-6-10-13-16-19-22-25-26-27-28-29-30-31-32-36-39-42-45-50-54-59-64-69-83(88)96-75-81(102-85(90)71-66-61-56-51-46-43-40-37-34-33-35-38-41-44-47-52-57-62-67-78(5)9-4)77-100-104(93,94)98-73-79(86)72-97-103(91,92)99-76-80(101-84(89)70-65-60-55-49-24-21-18-15-12-8-3)74-95-82(87)68-63-58-53-48-23-20-17-14-11-7-2/h78-81,86H,6-77H2,1-5H3,(H,91,92)(H,93,94)/t78?,79-,80+,81+/m0/s1. The quantitative estimate of drug-likeness (QED) is 0.0222. The third-order valence-corrected chi connectivity index (χ3v) is 22.3. The minimum absolute atomic E-state index is 0.107. The van der Waals surface area contributed by atoms with Gasteiger partial charge in [0.25, 0.3) is 0 Å². The fraction of sp³-hybridized carbons (Fsp3) is 0.953. The molecule has 17 nitrogen and oxygen atoms in total. The van der Waals surface area contributed by atoms with Crippen LogP contribution in [-0.4, -0.2) is 96.7 Å². The first kappa shape index (κ1) is 102. The highest BCUT2D eigenvalue weighted by Gasteiger charge is 2.30. The molecule has 0 aliphatic heterocycles. The lowest BCUT2D eigenvalue weighted by Gasteiger charge is -2.21. The molecule has 0 saturated carbocycles. The van der Waals surface area contributed by atoms with Crippen LogP contribution in [0.15, 0.2) is 0 Å². The van der Waals surface area contributed by atoms with E-state index < -0.39 is 97.5 Å². The van der Waals surface area contributed by atoms with Crippen molar-refractivity contribution in [3.8, 4) is 0 Å². The molecule has 0 fully saturated rings. The normalized spacial score (nSPS) is 14.0. The SMILES string of the molecule is CCCCCCCCCCCCCCCCCCCCCCCCC(=O)OC[C@H](COP(=O)(O)OC[C@@H](O)COP(=O)(O)OC[C@@H](COC(=O)CCCCCCCCCCCC)OC(=O)CCCCCCCCCCCC)OC(=O)CCCCCCCCCCCCCCCCCCCCC(C)CC. The van der Waals surface area contributed by atoms with E-state index >= 15 is 0 Å². The first-order valence-corrected chi connectivity index (χ1v) is 47.2. The van der Waals surface area contributed by atoms with Gasteiger partial charge in [0.05, 0.1) is 26.4 Å². The number of aliphatic hydroxyl groups is 1. The van der Waals surface area contributed by atoms with Crippen molar-refractivity contribution in [1.82, 2.24) is 0 Å². The molecule has 0 rings (SSSR count). The summed E-state index contributed by atoms with van der Waals surface area (Å²) in [6, 6.07) is 0. The van der Waals surface area contributed by atoms with Crippen LogP contribution < -0.4 is 0 Å². The lowest BCUT2D eigenvalue weighted by atomic mass is 9.99. The molecular formula is C85H166O17P2. The van der Waals surface area contributed by atoms with E-state index in [0.717, 1.165) is 95.8 Å². The molecule has 0 radical (unpaired) electrons. The van der Waals surface area contributed by atoms with Crippen LogP contribution in [-0.2, 0) is 65.4 Å². The highest BCUT2D eigenvalue weighted by molar-refractivity contribution is 7.47. The molecule has 6 atom stereocenters. The van der Waals surface area contributed by atoms with Crippen molar-refractivity contribution in [2.45, 2.75) is 477 Å². The number of phosphoric ester groups is 2. The van der Waals surface area contributed by atoms with Gasteiger partial charge in [-0.05, 0) is 31.6 Å². The molecular weight excluding hydrogens is 1350 g/mol. The van der Waals surface area contributed by atoms with Crippen molar-refractivity contribution in [3.05, 3.63) is 0 Å². The number of ether oxygens (including phenoxy) is 4. The Bertz CT molecular complexity index is 1980. The summed E-state index contributed by atoms with van der Waals surface area (Å²) in [6.07, 6.45) is 71.0. The second-order valence-electron chi connectivity index (χ2n) is 30.8. The maximum atomic E-state index is 13.1. The molecule has 0 aromatic rings. The lowest BCUT2D eigenvalue weighted by molar-refractivity contribution is -0.161. The molecule has 19 heteroatoms. The van der Waals surface area contributed by atoms with E-state index in [1.807, 2.05) is 0 Å². The van der Waals surface area contributed by atoms with E-state index in [9.17, 15) is 43.2 Å². The van der Waals surface area contributed by atoms with Crippen molar-refractivity contribution >= 4 is 39.5 Å². The summed E-state index contributed by atoms with van der Waals surface area (Å²) < 4.78 is 68.7. The Labute approximate surface area is 638 Å². The van der Waals surface area contributed by atoms with Gasteiger partial charge in [-0.2, -0.15) is 0 Å². The number of phosphoric acid groups is 2. The fourth-order valence-corrected chi connectivity index (χ4v) is 14.8. The lowest BCUT2D eigenvalue weighted by Crippen LogP contribution is -2.30. The van der Waals surface area contributed by atoms with Gasteiger partial charge < -0.3 is 33.8 Å². The molecule has 0 aliphatic carbocycles. The van der Waals surface area contributed by atoms with Crippen molar-refractivity contribution in [2.75, 3.05) is 39.6 Å². The summed E-state index contributed by atoms with van der Waals surface area (Å²) in [4.78, 5) is 73.0. The monoisotopic (exact) mass is 1520 g/mol. The number of hydrogen-bond donors (Lipinski definition) is 3. The Hall–Kier alpha value is -1.94. The summed E-state index contributed by atoms with van der Waals surface area (Å²) in [5.74, 6) is -1.23. The number of hydrogen-bond acceptors (Lipinski definition) is 15. The van der Waals surface area contributed by atoms with Crippen LogP contribution in [0.2, 0.25) is 0 Å². The maximum Gasteiger partial charge on any atom is 0.472 e. The van der Waals surface area contributed by atoms with E-state index in [2.05, 4.69) is 34.6 Å². The van der Waals surface area contributed by atoms with Gasteiger partial charge in [-0.1, -0.05) is 407 Å². The van der Waals surface area contributed by atoms with Gasteiger partial charge >= 0.3 is 39.5 Å². The highest BCUT2D eigenvalue weighted by Crippen LogP contribution is 2.45. The zero-order valence-electron chi connectivity index (χ0n) is 68.2. The number of rotatable bonds is 85. The zero-order valence-corrected chi connectivity index (χ0v) is 70.0. The average molecular weight is 1520 g/mol. The van der Waals surface area contributed by atoms with Crippen LogP contribution in [0.5, 0.6) is 0 Å². The van der Waals surface area contributed by atoms with Crippen molar-refractivity contribution < 1.29 is 80.2 Å². The molecule has 0 aromatic carbocycles. The molecule has 0 saturated heterocycles. The average Bonchev–Trinajstić information content (AvgIpc) is 0.903. The van der Waals surface area contributed by atoms with Crippen LogP contribution in [0, 0.1) is 5.92 Å². The van der Waals surface area contributed by atoms with Gasteiger partial charge in [0.1, 0.15) is 19.3 Å². The van der Waals surface area contributed by atoms with E-state index in [4.69, 9.17) is 37.0 Å². The van der Waals surface area contributed by atoms with Gasteiger partial charge in [-0.3, -0.25) is 37.3 Å². The van der Waals surface area contributed by atoms with Gasteiger partial charge in [-0.15, -0.1) is 0 Å². The van der Waals surface area contributed by atoms with Gasteiger partial charge in [0.15, 0.2) is 12.2 Å². The number of aliphatic hydroxyl groups excluding tert-OH is 1. The smallest absolute Gasteiger partial charge is 0.462 e. The summed E-state index contributed by atoms with van der Waals surface area (Å²) in [5, 5.41) is 10.6. The highest BCUT2D eigenvalue weighted by atomic mass is 31.2. The van der Waals surface area contributed by atoms with E-state index in [0.29, 0.717) is 25.7 Å². The Morgan fingerprint density at radius 1 is 0.269 bits per heavy atom. The predicted octanol–water partition coefficient (Wildman–Crippen LogP) is 26.0. The number of esters is 4. The van der Waals surface area contributed by atoms with Crippen molar-refractivity contribution in [2.24, 2.45) is 5.92 Å². The van der Waals surface area contributed by atoms with E-state index in [1.54, 1.807) is 0 Å². The molecule has 0 aliphatic rings. The first-order valence-electron chi connectivity index (χ1n) is 44.2. The summed E-state index contributed by atoms with van der Waals surface area (Å²) in [5.41, 5.74) is 0. The number of carbonyl (C=O) groups is 4. The second-order valence-corrected chi connectivity index (χ2v) is 33.7. The van der Waals surface area contributed by atoms with Crippen LogP contribution in [0.25, 0.3) is 0 Å². The molecule has 0 amide bonds. The van der Waals surface area contributed by atoms with Crippen molar-refractivity contribution in [3.63, 3.8) is 0 Å². The van der Waals surface area contributed by atoms with Crippen LogP contribution in [0.3, 0.4) is 0 Å². The van der Waals surface area contributed by atoms with Crippen LogP contribution in [0.4, 0.5) is 0 Å². The molecule has 3 unspecified atom stereocenters. The minimum Gasteiger partial charge on any atom is -0.462 e. The number of carbonyl (C=O) groups excluding carboxylic acids is 4. The third-order valence-electron chi connectivity index (χ3n) is 20.4. The second kappa shape index (κ2) is 77.8. The maximum absolute atomic E-state index is 13.1. The first-order chi connectivity index (χ1) is 50.6.